The second-order valence-electron chi connectivity index (χ2n) is 5.30. The molecule has 0 saturated heterocycles. The Morgan fingerprint density at radius 1 is 1.28 bits per heavy atom. The monoisotopic (exact) mass is 258 g/mol. The van der Waals surface area contributed by atoms with E-state index in [1.807, 2.05) is 0 Å². The molecule has 0 amide bonds. The van der Waals surface area contributed by atoms with Crippen molar-refractivity contribution in [2.24, 2.45) is 5.92 Å². The summed E-state index contributed by atoms with van der Waals surface area (Å²) in [6.45, 7) is 9.41. The number of esters is 1. The molecule has 1 N–H and O–H groups in total. The molecule has 18 heavy (non-hydrogen) atoms. The van der Waals surface area contributed by atoms with Crippen molar-refractivity contribution in [3.63, 3.8) is 0 Å². The van der Waals surface area contributed by atoms with Gasteiger partial charge in [0.15, 0.2) is 0 Å². The Labute approximate surface area is 112 Å². The molecular formula is C14H30N2O2. The van der Waals surface area contributed by atoms with E-state index in [0.717, 1.165) is 38.4 Å². The van der Waals surface area contributed by atoms with E-state index in [2.05, 4.69) is 38.0 Å². The zero-order chi connectivity index (χ0) is 14.0. The van der Waals surface area contributed by atoms with E-state index in [1.165, 1.54) is 13.5 Å². The van der Waals surface area contributed by atoms with Gasteiger partial charge in [-0.05, 0) is 51.9 Å². The van der Waals surface area contributed by atoms with Crippen molar-refractivity contribution in [1.29, 1.82) is 0 Å². The summed E-state index contributed by atoms with van der Waals surface area (Å²) in [5, 5.41) is 3.24. The van der Waals surface area contributed by atoms with Gasteiger partial charge < -0.3 is 15.0 Å². The smallest absolute Gasteiger partial charge is 0.322 e. The Balaban J connectivity index is 3.96. The van der Waals surface area contributed by atoms with Gasteiger partial charge in [-0.15, -0.1) is 0 Å². The Morgan fingerprint density at radius 2 is 1.89 bits per heavy atom. The molecule has 0 heterocycles. The van der Waals surface area contributed by atoms with Gasteiger partial charge >= 0.3 is 5.97 Å². The topological polar surface area (TPSA) is 41.6 Å². The quantitative estimate of drug-likeness (QED) is 0.608. The number of hydrogen-bond donors (Lipinski definition) is 1. The van der Waals surface area contributed by atoms with E-state index in [9.17, 15) is 4.79 Å². The minimum atomic E-state index is -0.170. The lowest BCUT2D eigenvalue weighted by Crippen LogP contribution is -2.40. The number of ether oxygens (including phenoxy) is 1. The third kappa shape index (κ3) is 8.48. The third-order valence-electron chi connectivity index (χ3n) is 3.01. The van der Waals surface area contributed by atoms with Crippen LogP contribution in [0.25, 0.3) is 0 Å². The van der Waals surface area contributed by atoms with Crippen LogP contribution in [-0.4, -0.2) is 50.7 Å². The fourth-order valence-electron chi connectivity index (χ4n) is 1.70. The van der Waals surface area contributed by atoms with Gasteiger partial charge in [0.2, 0.25) is 0 Å². The maximum atomic E-state index is 11.6. The summed E-state index contributed by atoms with van der Waals surface area (Å²) in [6, 6.07) is -0.170. The summed E-state index contributed by atoms with van der Waals surface area (Å²) < 4.78 is 4.82. The van der Waals surface area contributed by atoms with Gasteiger partial charge in [0.25, 0.3) is 0 Å². The van der Waals surface area contributed by atoms with Crippen LogP contribution in [0.5, 0.6) is 0 Å². The lowest BCUT2D eigenvalue weighted by Gasteiger charge is -2.21. The van der Waals surface area contributed by atoms with Gasteiger partial charge in [-0.2, -0.15) is 0 Å². The zero-order valence-corrected chi connectivity index (χ0v) is 12.7. The van der Waals surface area contributed by atoms with Crippen molar-refractivity contribution < 1.29 is 9.53 Å². The molecule has 0 aliphatic heterocycles. The van der Waals surface area contributed by atoms with Gasteiger partial charge in [-0.25, -0.2) is 0 Å². The maximum Gasteiger partial charge on any atom is 0.322 e. The number of nitrogens with zero attached hydrogens (tertiary/aromatic N) is 1. The number of rotatable bonds is 10. The predicted octanol–water partition coefficient (Wildman–Crippen LogP) is 1.90. The molecule has 0 spiro atoms. The minimum absolute atomic E-state index is 0.152. The summed E-state index contributed by atoms with van der Waals surface area (Å²) in [4.78, 5) is 13.9. The molecule has 0 aromatic carbocycles. The molecule has 0 saturated carbocycles. The van der Waals surface area contributed by atoms with Crippen molar-refractivity contribution in [1.82, 2.24) is 10.2 Å². The van der Waals surface area contributed by atoms with Gasteiger partial charge in [0.1, 0.15) is 6.04 Å². The van der Waals surface area contributed by atoms with Gasteiger partial charge in [0.05, 0.1) is 7.11 Å². The largest absolute Gasteiger partial charge is 0.468 e. The van der Waals surface area contributed by atoms with Crippen LogP contribution in [0.3, 0.4) is 0 Å². The number of carbonyl (C=O) groups is 1. The highest BCUT2D eigenvalue weighted by molar-refractivity contribution is 5.75. The van der Waals surface area contributed by atoms with Crippen LogP contribution in [-0.2, 0) is 9.53 Å². The molecule has 0 aromatic rings. The van der Waals surface area contributed by atoms with Crippen LogP contribution >= 0.6 is 0 Å². The number of hydrogen-bond acceptors (Lipinski definition) is 4. The third-order valence-corrected chi connectivity index (χ3v) is 3.01. The van der Waals surface area contributed by atoms with Crippen molar-refractivity contribution in [3.8, 4) is 0 Å². The molecular weight excluding hydrogens is 228 g/mol. The van der Waals surface area contributed by atoms with E-state index in [1.54, 1.807) is 0 Å². The molecule has 4 nitrogen and oxygen atoms in total. The Bertz CT molecular complexity index is 220. The second kappa shape index (κ2) is 10.3. The van der Waals surface area contributed by atoms with E-state index in [-0.39, 0.29) is 12.0 Å². The first-order chi connectivity index (χ1) is 8.51. The molecule has 0 radical (unpaired) electrons. The SMILES string of the molecule is CCCNC(CCN(C)CCC(C)C)C(=O)OC. The van der Waals surface area contributed by atoms with E-state index < -0.39 is 0 Å². The normalized spacial score (nSPS) is 13.1. The van der Waals surface area contributed by atoms with Crippen LogP contribution in [0.15, 0.2) is 0 Å². The first kappa shape index (κ1) is 17.4. The van der Waals surface area contributed by atoms with Gasteiger partial charge in [-0.3, -0.25) is 4.79 Å². The fraction of sp³-hybridized carbons (Fsp3) is 0.929. The molecule has 0 bridgehead atoms. The standard InChI is InChI=1S/C14H30N2O2/c1-6-9-15-13(14(17)18-5)8-11-16(4)10-7-12(2)3/h12-13,15H,6-11H2,1-5H3. The molecule has 108 valence electrons. The van der Waals surface area contributed by atoms with Crippen molar-refractivity contribution in [2.75, 3.05) is 33.8 Å². The van der Waals surface area contributed by atoms with Crippen LogP contribution in [0.1, 0.15) is 40.0 Å². The highest BCUT2D eigenvalue weighted by atomic mass is 16.5. The van der Waals surface area contributed by atoms with E-state index in [4.69, 9.17) is 4.74 Å². The van der Waals surface area contributed by atoms with Gasteiger partial charge in [-0.1, -0.05) is 20.8 Å². The Hall–Kier alpha value is -0.610. The summed E-state index contributed by atoms with van der Waals surface area (Å²) in [6.07, 6.45) is 3.03. The number of carbonyl (C=O) groups excluding carboxylic acids is 1. The molecule has 0 aliphatic carbocycles. The van der Waals surface area contributed by atoms with Crippen molar-refractivity contribution >= 4 is 5.97 Å². The summed E-state index contributed by atoms with van der Waals surface area (Å²) in [7, 11) is 3.56. The maximum absolute atomic E-state index is 11.6. The lowest BCUT2D eigenvalue weighted by molar-refractivity contribution is -0.143. The molecule has 1 unspecified atom stereocenters. The molecule has 4 heteroatoms. The second-order valence-corrected chi connectivity index (χ2v) is 5.30. The summed E-state index contributed by atoms with van der Waals surface area (Å²) in [5.74, 6) is 0.572. The molecule has 0 rings (SSSR count). The summed E-state index contributed by atoms with van der Waals surface area (Å²) in [5.41, 5.74) is 0. The Kier molecular flexibility index (Phi) is 9.98. The van der Waals surface area contributed by atoms with Crippen LogP contribution in [0, 0.1) is 5.92 Å². The van der Waals surface area contributed by atoms with Gasteiger partial charge in [0, 0.05) is 0 Å². The predicted molar refractivity (Wildman–Crippen MR) is 75.7 cm³/mol. The lowest BCUT2D eigenvalue weighted by atomic mass is 10.1. The van der Waals surface area contributed by atoms with Crippen molar-refractivity contribution in [3.05, 3.63) is 0 Å². The first-order valence-electron chi connectivity index (χ1n) is 7.01. The molecule has 1 atom stereocenters. The summed E-state index contributed by atoms with van der Waals surface area (Å²) >= 11 is 0. The highest BCUT2D eigenvalue weighted by Crippen LogP contribution is 2.03. The first-order valence-corrected chi connectivity index (χ1v) is 7.01. The van der Waals surface area contributed by atoms with E-state index >= 15 is 0 Å². The molecule has 0 aromatic heterocycles. The van der Waals surface area contributed by atoms with Crippen LogP contribution < -0.4 is 5.32 Å². The van der Waals surface area contributed by atoms with Crippen LogP contribution in [0.4, 0.5) is 0 Å². The van der Waals surface area contributed by atoms with Crippen LogP contribution in [0.2, 0.25) is 0 Å². The average Bonchev–Trinajstić information content (AvgIpc) is 2.35. The average molecular weight is 258 g/mol. The highest BCUT2D eigenvalue weighted by Gasteiger charge is 2.18. The Morgan fingerprint density at radius 3 is 2.39 bits per heavy atom. The number of methoxy groups -OCH3 is 1. The van der Waals surface area contributed by atoms with E-state index in [0.29, 0.717) is 0 Å². The molecule has 0 fully saturated rings. The number of nitrogens with one attached hydrogen (secondary N) is 1. The molecule has 0 aliphatic rings. The zero-order valence-electron chi connectivity index (χ0n) is 12.7. The van der Waals surface area contributed by atoms with Crippen molar-refractivity contribution in [2.45, 2.75) is 46.1 Å². The fourth-order valence-corrected chi connectivity index (χ4v) is 1.70. The minimum Gasteiger partial charge on any atom is -0.468 e.